The Kier molecular flexibility index (Phi) is 4.23. The zero-order valence-corrected chi connectivity index (χ0v) is 10.5. The van der Waals surface area contributed by atoms with E-state index in [0.29, 0.717) is 6.04 Å². The van der Waals surface area contributed by atoms with Crippen LogP contribution >= 0.6 is 0 Å². The van der Waals surface area contributed by atoms with Crippen molar-refractivity contribution >= 4 is 6.09 Å². The van der Waals surface area contributed by atoms with E-state index in [1.54, 1.807) is 4.90 Å². The van der Waals surface area contributed by atoms with Crippen LogP contribution in [0.15, 0.2) is 0 Å². The van der Waals surface area contributed by atoms with Crippen LogP contribution in [-0.4, -0.2) is 66.4 Å². The van der Waals surface area contributed by atoms with Gasteiger partial charge in [-0.3, -0.25) is 0 Å². The molecule has 0 spiro atoms. The first-order valence-electron chi connectivity index (χ1n) is 6.45. The van der Waals surface area contributed by atoms with Gasteiger partial charge in [0.05, 0.1) is 13.2 Å². The first-order valence-corrected chi connectivity index (χ1v) is 6.45. The highest BCUT2D eigenvalue weighted by Gasteiger charge is 2.29. The molecule has 2 fully saturated rings. The topological polar surface area (TPSA) is 53.0 Å². The van der Waals surface area contributed by atoms with Gasteiger partial charge in [-0.1, -0.05) is 0 Å². The van der Waals surface area contributed by atoms with Gasteiger partial charge in [0.1, 0.15) is 0 Å². The molecule has 2 aliphatic rings. The average molecular weight is 242 g/mol. The third-order valence-corrected chi connectivity index (χ3v) is 3.91. The van der Waals surface area contributed by atoms with Crippen LogP contribution < -0.4 is 0 Å². The summed E-state index contributed by atoms with van der Waals surface area (Å²) >= 11 is 0. The molecule has 5 nitrogen and oxygen atoms in total. The van der Waals surface area contributed by atoms with Crippen LogP contribution in [0.1, 0.15) is 25.7 Å². The van der Waals surface area contributed by atoms with Crippen LogP contribution in [-0.2, 0) is 4.74 Å². The molecule has 2 heterocycles. The van der Waals surface area contributed by atoms with E-state index in [0.717, 1.165) is 51.9 Å². The highest BCUT2D eigenvalue weighted by molar-refractivity contribution is 5.67. The summed E-state index contributed by atoms with van der Waals surface area (Å²) in [5.41, 5.74) is 0. The van der Waals surface area contributed by atoms with Gasteiger partial charge in [0.2, 0.25) is 0 Å². The first-order chi connectivity index (χ1) is 8.20. The maximum atomic E-state index is 11.3. The second-order valence-electron chi connectivity index (χ2n) is 4.96. The molecule has 0 bridgehead atoms. The van der Waals surface area contributed by atoms with Gasteiger partial charge < -0.3 is 19.6 Å². The second kappa shape index (κ2) is 5.69. The summed E-state index contributed by atoms with van der Waals surface area (Å²) in [5.74, 6) is 0. The average Bonchev–Trinajstić information content (AvgIpc) is 2.39. The summed E-state index contributed by atoms with van der Waals surface area (Å²) < 4.78 is 4.72. The molecule has 0 aromatic rings. The standard InChI is InChI=1S/C12H22N2O3/c1-17-12(16)14-6-2-10(3-7-14)13-8-4-11(15)5-9-13/h10-11,15H,2-9H2,1H3. The quantitative estimate of drug-likeness (QED) is 0.734. The number of aliphatic hydroxyl groups is 1. The fourth-order valence-electron chi connectivity index (χ4n) is 2.79. The molecular weight excluding hydrogens is 220 g/mol. The van der Waals surface area contributed by atoms with Gasteiger partial charge in [0.25, 0.3) is 0 Å². The van der Waals surface area contributed by atoms with Crippen molar-refractivity contribution in [2.75, 3.05) is 33.3 Å². The smallest absolute Gasteiger partial charge is 0.409 e. The number of rotatable bonds is 1. The lowest BCUT2D eigenvalue weighted by Gasteiger charge is -2.40. The molecule has 0 aromatic heterocycles. The van der Waals surface area contributed by atoms with Crippen molar-refractivity contribution in [2.24, 2.45) is 0 Å². The van der Waals surface area contributed by atoms with Gasteiger partial charge in [-0.05, 0) is 25.7 Å². The van der Waals surface area contributed by atoms with Crippen LogP contribution in [0.2, 0.25) is 0 Å². The van der Waals surface area contributed by atoms with Crippen LogP contribution in [0.4, 0.5) is 4.79 Å². The number of hydrogen-bond acceptors (Lipinski definition) is 4. The second-order valence-corrected chi connectivity index (χ2v) is 4.96. The fourth-order valence-corrected chi connectivity index (χ4v) is 2.79. The Balaban J connectivity index is 1.77. The number of ether oxygens (including phenoxy) is 1. The third kappa shape index (κ3) is 3.10. The van der Waals surface area contributed by atoms with Gasteiger partial charge in [0.15, 0.2) is 0 Å². The molecule has 17 heavy (non-hydrogen) atoms. The number of aliphatic hydroxyl groups excluding tert-OH is 1. The number of nitrogens with zero attached hydrogens (tertiary/aromatic N) is 2. The number of hydrogen-bond donors (Lipinski definition) is 1. The van der Waals surface area contributed by atoms with Crippen molar-refractivity contribution < 1.29 is 14.6 Å². The van der Waals surface area contributed by atoms with E-state index in [2.05, 4.69) is 4.90 Å². The number of amides is 1. The van der Waals surface area contributed by atoms with Crippen molar-refractivity contribution in [2.45, 2.75) is 37.8 Å². The molecule has 0 atom stereocenters. The minimum Gasteiger partial charge on any atom is -0.453 e. The van der Waals surface area contributed by atoms with Gasteiger partial charge in [-0.25, -0.2) is 4.79 Å². The summed E-state index contributed by atoms with van der Waals surface area (Å²) in [5, 5.41) is 9.48. The number of methoxy groups -OCH3 is 1. The summed E-state index contributed by atoms with van der Waals surface area (Å²) in [6.45, 7) is 3.56. The lowest BCUT2D eigenvalue weighted by atomic mass is 9.99. The molecule has 0 radical (unpaired) electrons. The summed E-state index contributed by atoms with van der Waals surface area (Å²) in [6.07, 6.45) is 3.49. The summed E-state index contributed by atoms with van der Waals surface area (Å²) in [4.78, 5) is 15.6. The maximum absolute atomic E-state index is 11.3. The van der Waals surface area contributed by atoms with Crippen molar-refractivity contribution in [3.8, 4) is 0 Å². The maximum Gasteiger partial charge on any atom is 0.409 e. The number of carbonyl (C=O) groups is 1. The molecule has 2 saturated heterocycles. The molecule has 2 aliphatic heterocycles. The third-order valence-electron chi connectivity index (χ3n) is 3.91. The Bertz CT molecular complexity index is 256. The Labute approximate surface area is 102 Å². The predicted molar refractivity (Wildman–Crippen MR) is 63.8 cm³/mol. The lowest BCUT2D eigenvalue weighted by Crippen LogP contribution is -2.49. The SMILES string of the molecule is COC(=O)N1CCC(N2CCC(O)CC2)CC1. The molecule has 1 amide bonds. The number of piperidine rings is 2. The normalized spacial score (nSPS) is 24.9. The zero-order chi connectivity index (χ0) is 12.3. The predicted octanol–water partition coefficient (Wildman–Crippen LogP) is 0.674. The largest absolute Gasteiger partial charge is 0.453 e. The van der Waals surface area contributed by atoms with Crippen LogP contribution in [0.3, 0.4) is 0 Å². The Hall–Kier alpha value is -0.810. The van der Waals surface area contributed by atoms with Gasteiger partial charge in [-0.15, -0.1) is 0 Å². The fraction of sp³-hybridized carbons (Fsp3) is 0.917. The van der Waals surface area contributed by atoms with Crippen molar-refractivity contribution in [1.29, 1.82) is 0 Å². The van der Waals surface area contributed by atoms with E-state index < -0.39 is 0 Å². The van der Waals surface area contributed by atoms with Gasteiger partial charge in [-0.2, -0.15) is 0 Å². The summed E-state index contributed by atoms with van der Waals surface area (Å²) in [7, 11) is 1.43. The van der Waals surface area contributed by atoms with E-state index in [4.69, 9.17) is 4.74 Å². The molecule has 1 N–H and O–H groups in total. The monoisotopic (exact) mass is 242 g/mol. The highest BCUT2D eigenvalue weighted by Crippen LogP contribution is 2.21. The minimum absolute atomic E-state index is 0.110. The first kappa shape index (κ1) is 12.6. The van der Waals surface area contributed by atoms with E-state index >= 15 is 0 Å². The van der Waals surface area contributed by atoms with Crippen molar-refractivity contribution in [3.05, 3.63) is 0 Å². The van der Waals surface area contributed by atoms with E-state index in [1.807, 2.05) is 0 Å². The number of carbonyl (C=O) groups excluding carboxylic acids is 1. The molecule has 0 unspecified atom stereocenters. The van der Waals surface area contributed by atoms with Crippen LogP contribution in [0.25, 0.3) is 0 Å². The minimum atomic E-state index is -0.211. The Morgan fingerprint density at radius 2 is 1.71 bits per heavy atom. The molecule has 98 valence electrons. The summed E-state index contributed by atoms with van der Waals surface area (Å²) in [6, 6.07) is 0.573. The molecule has 5 heteroatoms. The van der Waals surface area contributed by atoms with Gasteiger partial charge >= 0.3 is 6.09 Å². The zero-order valence-electron chi connectivity index (χ0n) is 10.5. The molecule has 0 saturated carbocycles. The molecular formula is C12H22N2O3. The van der Waals surface area contributed by atoms with Crippen molar-refractivity contribution in [3.63, 3.8) is 0 Å². The van der Waals surface area contributed by atoms with E-state index in [1.165, 1.54) is 7.11 Å². The molecule has 2 rings (SSSR count). The Morgan fingerprint density at radius 1 is 1.12 bits per heavy atom. The van der Waals surface area contributed by atoms with Crippen molar-refractivity contribution in [1.82, 2.24) is 9.80 Å². The van der Waals surface area contributed by atoms with E-state index in [9.17, 15) is 9.90 Å². The number of likely N-dealkylation sites (tertiary alicyclic amines) is 2. The molecule has 0 aromatic carbocycles. The van der Waals surface area contributed by atoms with E-state index in [-0.39, 0.29) is 12.2 Å². The van der Waals surface area contributed by atoms with Crippen LogP contribution in [0.5, 0.6) is 0 Å². The highest BCUT2D eigenvalue weighted by atomic mass is 16.5. The van der Waals surface area contributed by atoms with Crippen LogP contribution in [0, 0.1) is 0 Å². The Morgan fingerprint density at radius 3 is 2.24 bits per heavy atom. The van der Waals surface area contributed by atoms with Gasteiger partial charge in [0, 0.05) is 32.2 Å². The molecule has 0 aliphatic carbocycles. The lowest BCUT2D eigenvalue weighted by molar-refractivity contribution is 0.0373.